The average molecular weight is 317 g/mol. The Balaban J connectivity index is 2.11. The van der Waals surface area contributed by atoms with E-state index >= 15 is 0 Å². The fourth-order valence-electron chi connectivity index (χ4n) is 2.16. The maximum atomic E-state index is 10.5. The molecule has 2 rings (SSSR count). The smallest absolute Gasteiger partial charge is 0.305 e. The van der Waals surface area contributed by atoms with Crippen molar-refractivity contribution in [2.75, 3.05) is 0 Å². The molecule has 0 fully saturated rings. The predicted molar refractivity (Wildman–Crippen MR) is 84.0 cm³/mol. The summed E-state index contributed by atoms with van der Waals surface area (Å²) in [5.74, 6) is -1.10. The maximum absolute atomic E-state index is 10.5. The van der Waals surface area contributed by atoms with Crippen molar-refractivity contribution in [2.24, 2.45) is 0 Å². The van der Waals surface area contributed by atoms with Gasteiger partial charge in [0.1, 0.15) is 0 Å². The fraction of sp³-hybridized carbons (Fsp3) is 0.312. The Morgan fingerprint density at radius 3 is 2.65 bits per heavy atom. The van der Waals surface area contributed by atoms with E-state index in [0.717, 1.165) is 5.69 Å². The van der Waals surface area contributed by atoms with Gasteiger partial charge in [-0.25, -0.2) is 4.68 Å². The molecule has 0 saturated carbocycles. The fourth-order valence-corrected chi connectivity index (χ4v) is 2.16. The highest BCUT2D eigenvalue weighted by Crippen LogP contribution is 2.15. The monoisotopic (exact) mass is 317 g/mol. The first kappa shape index (κ1) is 16.9. The van der Waals surface area contributed by atoms with Crippen LogP contribution >= 0.6 is 0 Å². The normalized spacial score (nSPS) is 14.0. The largest absolute Gasteiger partial charge is 0.481 e. The van der Waals surface area contributed by atoms with Crippen molar-refractivity contribution in [3.63, 3.8) is 0 Å². The quantitative estimate of drug-likeness (QED) is 0.707. The van der Waals surface area contributed by atoms with Gasteiger partial charge >= 0.3 is 5.97 Å². The Bertz CT molecular complexity index is 682. The van der Waals surface area contributed by atoms with Gasteiger partial charge in [0, 0.05) is 6.42 Å². The Kier molecular flexibility index (Phi) is 5.61. The molecular formula is C16H19N3O4. The molecule has 2 unspecified atom stereocenters. The van der Waals surface area contributed by atoms with E-state index in [1.165, 1.54) is 6.08 Å². The lowest BCUT2D eigenvalue weighted by Gasteiger charge is -2.10. The van der Waals surface area contributed by atoms with Gasteiger partial charge in [-0.2, -0.15) is 0 Å². The van der Waals surface area contributed by atoms with E-state index in [-0.39, 0.29) is 6.42 Å². The molecular weight excluding hydrogens is 298 g/mol. The van der Waals surface area contributed by atoms with Gasteiger partial charge in [-0.1, -0.05) is 29.5 Å². The molecule has 0 spiro atoms. The van der Waals surface area contributed by atoms with Crippen LogP contribution in [0.25, 0.3) is 11.8 Å². The van der Waals surface area contributed by atoms with E-state index in [0.29, 0.717) is 11.4 Å². The second kappa shape index (κ2) is 7.66. The summed E-state index contributed by atoms with van der Waals surface area (Å²) in [6.45, 7) is 1.80. The zero-order valence-electron chi connectivity index (χ0n) is 12.7. The molecule has 0 radical (unpaired) electrons. The lowest BCUT2D eigenvalue weighted by Crippen LogP contribution is -2.19. The van der Waals surface area contributed by atoms with Crippen LogP contribution in [-0.2, 0) is 4.79 Å². The van der Waals surface area contributed by atoms with Gasteiger partial charge in [-0.15, -0.1) is 5.10 Å². The third-order valence-electron chi connectivity index (χ3n) is 3.28. The Morgan fingerprint density at radius 2 is 2.00 bits per heavy atom. The molecule has 3 N–H and O–H groups in total. The number of aryl methyl sites for hydroxylation is 1. The molecule has 2 atom stereocenters. The minimum Gasteiger partial charge on any atom is -0.481 e. The highest BCUT2D eigenvalue weighted by molar-refractivity contribution is 5.67. The number of carboxylic acids is 1. The summed E-state index contributed by atoms with van der Waals surface area (Å²) in [6, 6.07) is 9.45. The van der Waals surface area contributed by atoms with Crippen molar-refractivity contribution in [2.45, 2.75) is 32.0 Å². The van der Waals surface area contributed by atoms with Gasteiger partial charge in [0.2, 0.25) is 0 Å². The van der Waals surface area contributed by atoms with Crippen molar-refractivity contribution in [3.05, 3.63) is 47.8 Å². The molecule has 1 heterocycles. The second-order valence-corrected chi connectivity index (χ2v) is 5.22. The molecule has 0 amide bonds. The lowest BCUT2D eigenvalue weighted by atomic mass is 10.1. The summed E-state index contributed by atoms with van der Waals surface area (Å²) in [5.41, 5.74) is 2.25. The number of hydrogen-bond acceptors (Lipinski definition) is 5. The molecule has 122 valence electrons. The molecule has 7 nitrogen and oxygen atoms in total. The summed E-state index contributed by atoms with van der Waals surface area (Å²) in [5, 5.41) is 36.1. The SMILES string of the molecule is Cc1nnn(-c2ccccc2)c1C=CC(O)CC(O)CC(=O)O. The van der Waals surface area contributed by atoms with E-state index < -0.39 is 24.6 Å². The van der Waals surface area contributed by atoms with Gasteiger partial charge in [0.25, 0.3) is 0 Å². The molecule has 23 heavy (non-hydrogen) atoms. The van der Waals surface area contributed by atoms with Gasteiger partial charge in [-0.3, -0.25) is 4.79 Å². The highest BCUT2D eigenvalue weighted by atomic mass is 16.4. The standard InChI is InChI=1S/C16H19N3O4/c1-11-15(8-7-13(20)9-14(21)10-16(22)23)19(18-17-11)12-5-3-2-4-6-12/h2-8,13-14,20-21H,9-10H2,1H3,(H,22,23). The van der Waals surface area contributed by atoms with Crippen LogP contribution in [0.5, 0.6) is 0 Å². The molecule has 1 aromatic carbocycles. The third-order valence-corrected chi connectivity index (χ3v) is 3.28. The number of aliphatic hydroxyl groups is 2. The molecule has 0 aliphatic heterocycles. The average Bonchev–Trinajstić information content (AvgIpc) is 2.86. The maximum Gasteiger partial charge on any atom is 0.305 e. The number of carboxylic acid groups (broad SMARTS) is 1. The van der Waals surface area contributed by atoms with Crippen molar-refractivity contribution >= 4 is 12.0 Å². The molecule has 0 aliphatic rings. The molecule has 0 saturated heterocycles. The molecule has 1 aromatic heterocycles. The minimum absolute atomic E-state index is 0.0469. The summed E-state index contributed by atoms with van der Waals surface area (Å²) in [4.78, 5) is 10.5. The Labute approximate surface area is 133 Å². The third kappa shape index (κ3) is 4.73. The summed E-state index contributed by atoms with van der Waals surface area (Å²) in [6.07, 6.45) is 0.673. The van der Waals surface area contributed by atoms with Crippen LogP contribution in [0.15, 0.2) is 36.4 Å². The number of carbonyl (C=O) groups is 1. The van der Waals surface area contributed by atoms with Gasteiger partial charge < -0.3 is 15.3 Å². The molecule has 7 heteroatoms. The number of aliphatic hydroxyl groups excluding tert-OH is 2. The van der Waals surface area contributed by atoms with Crippen LogP contribution in [0.3, 0.4) is 0 Å². The number of para-hydroxylation sites is 1. The predicted octanol–water partition coefficient (Wildman–Crippen LogP) is 1.18. The first-order valence-electron chi connectivity index (χ1n) is 7.21. The summed E-state index contributed by atoms with van der Waals surface area (Å²) in [7, 11) is 0. The molecule has 0 bridgehead atoms. The summed E-state index contributed by atoms with van der Waals surface area (Å²) >= 11 is 0. The van der Waals surface area contributed by atoms with Crippen molar-refractivity contribution in [1.29, 1.82) is 0 Å². The van der Waals surface area contributed by atoms with Crippen LogP contribution in [0.1, 0.15) is 24.2 Å². The first-order chi connectivity index (χ1) is 11.0. The number of aliphatic carboxylic acids is 1. The van der Waals surface area contributed by atoms with Gasteiger partial charge in [0.05, 0.1) is 35.7 Å². The van der Waals surface area contributed by atoms with Crippen molar-refractivity contribution in [3.8, 4) is 5.69 Å². The van der Waals surface area contributed by atoms with Crippen LogP contribution < -0.4 is 0 Å². The lowest BCUT2D eigenvalue weighted by molar-refractivity contribution is -0.139. The Morgan fingerprint density at radius 1 is 1.30 bits per heavy atom. The second-order valence-electron chi connectivity index (χ2n) is 5.22. The number of nitrogens with zero attached hydrogens (tertiary/aromatic N) is 3. The highest BCUT2D eigenvalue weighted by Gasteiger charge is 2.14. The van der Waals surface area contributed by atoms with Gasteiger partial charge in [0.15, 0.2) is 0 Å². The van der Waals surface area contributed by atoms with Crippen LogP contribution in [0.4, 0.5) is 0 Å². The summed E-state index contributed by atoms with van der Waals surface area (Å²) < 4.78 is 1.65. The number of aromatic nitrogens is 3. The van der Waals surface area contributed by atoms with Crippen LogP contribution in [-0.4, -0.2) is 48.5 Å². The molecule has 2 aromatic rings. The minimum atomic E-state index is -1.10. The molecule has 0 aliphatic carbocycles. The number of rotatable bonds is 7. The van der Waals surface area contributed by atoms with Crippen LogP contribution in [0.2, 0.25) is 0 Å². The zero-order chi connectivity index (χ0) is 16.8. The first-order valence-corrected chi connectivity index (χ1v) is 7.21. The number of hydrogen-bond donors (Lipinski definition) is 3. The topological polar surface area (TPSA) is 108 Å². The van der Waals surface area contributed by atoms with E-state index in [2.05, 4.69) is 10.3 Å². The van der Waals surface area contributed by atoms with Gasteiger partial charge in [-0.05, 0) is 25.1 Å². The van der Waals surface area contributed by atoms with E-state index in [4.69, 9.17) is 5.11 Å². The number of benzene rings is 1. The van der Waals surface area contributed by atoms with E-state index in [9.17, 15) is 15.0 Å². The Hall–Kier alpha value is -2.51. The van der Waals surface area contributed by atoms with E-state index in [1.54, 1.807) is 17.7 Å². The van der Waals surface area contributed by atoms with Crippen molar-refractivity contribution in [1.82, 2.24) is 15.0 Å². The van der Waals surface area contributed by atoms with Crippen LogP contribution in [0, 0.1) is 6.92 Å². The van der Waals surface area contributed by atoms with Crippen molar-refractivity contribution < 1.29 is 20.1 Å². The van der Waals surface area contributed by atoms with E-state index in [1.807, 2.05) is 30.3 Å². The zero-order valence-corrected chi connectivity index (χ0v) is 12.7.